The topological polar surface area (TPSA) is 47.0 Å². The summed E-state index contributed by atoms with van der Waals surface area (Å²) in [5.41, 5.74) is -0.0238. The van der Waals surface area contributed by atoms with Crippen LogP contribution < -0.4 is 5.32 Å². The summed E-state index contributed by atoms with van der Waals surface area (Å²) >= 11 is 1.62. The molecular formula is C11H17N3OS. The van der Waals surface area contributed by atoms with Gasteiger partial charge in [-0.15, -0.1) is 11.8 Å². The third-order valence-electron chi connectivity index (χ3n) is 3.15. The van der Waals surface area contributed by atoms with E-state index in [0.717, 1.165) is 23.9 Å². The summed E-state index contributed by atoms with van der Waals surface area (Å²) < 4.78 is 5.59. The van der Waals surface area contributed by atoms with E-state index in [1.807, 2.05) is 12.3 Å². The summed E-state index contributed by atoms with van der Waals surface area (Å²) in [5.74, 6) is 0.874. The lowest BCUT2D eigenvalue weighted by atomic mass is 9.95. The van der Waals surface area contributed by atoms with Crippen molar-refractivity contribution in [2.24, 2.45) is 0 Å². The summed E-state index contributed by atoms with van der Waals surface area (Å²) in [4.78, 5) is 8.39. The second-order valence-corrected chi connectivity index (χ2v) is 5.08. The van der Waals surface area contributed by atoms with Crippen molar-refractivity contribution in [3.05, 3.63) is 12.4 Å². The third kappa shape index (κ3) is 2.30. The molecule has 1 N–H and O–H groups in total. The lowest BCUT2D eigenvalue weighted by molar-refractivity contribution is 0.105. The minimum absolute atomic E-state index is 0.0238. The van der Waals surface area contributed by atoms with E-state index in [4.69, 9.17) is 4.74 Å². The van der Waals surface area contributed by atoms with E-state index >= 15 is 0 Å². The maximum atomic E-state index is 5.59. The Labute approximate surface area is 100 Å². The highest BCUT2D eigenvalue weighted by molar-refractivity contribution is 7.98. The Bertz CT molecular complexity index is 374. The van der Waals surface area contributed by atoms with Gasteiger partial charge in [0.2, 0.25) is 0 Å². The second-order valence-electron chi connectivity index (χ2n) is 4.25. The van der Waals surface area contributed by atoms with Crippen LogP contribution in [-0.4, -0.2) is 34.5 Å². The lowest BCUT2D eigenvalue weighted by Crippen LogP contribution is -2.41. The quantitative estimate of drug-likeness (QED) is 0.647. The van der Waals surface area contributed by atoms with Gasteiger partial charge in [0.15, 0.2) is 0 Å². The van der Waals surface area contributed by atoms with Crippen LogP contribution in [0.5, 0.6) is 0 Å². The first kappa shape index (κ1) is 11.7. The van der Waals surface area contributed by atoms with Crippen molar-refractivity contribution in [3.8, 4) is 0 Å². The Balaban J connectivity index is 2.13. The van der Waals surface area contributed by atoms with Gasteiger partial charge in [-0.3, -0.25) is 0 Å². The van der Waals surface area contributed by atoms with Gasteiger partial charge in [-0.2, -0.15) is 0 Å². The zero-order valence-corrected chi connectivity index (χ0v) is 10.7. The van der Waals surface area contributed by atoms with Gasteiger partial charge in [0.1, 0.15) is 17.2 Å². The number of hydrogen-bond acceptors (Lipinski definition) is 5. The van der Waals surface area contributed by atoms with Crippen LogP contribution in [0.15, 0.2) is 17.4 Å². The SMILES string of the molecule is CSc1cc(NC2(C)CCOC2C)ncn1. The number of aromatic nitrogens is 2. The lowest BCUT2D eigenvalue weighted by Gasteiger charge is -2.29. The monoisotopic (exact) mass is 239 g/mol. The molecule has 1 aromatic heterocycles. The molecule has 0 bridgehead atoms. The third-order valence-corrected chi connectivity index (χ3v) is 3.79. The fourth-order valence-corrected chi connectivity index (χ4v) is 2.19. The molecule has 2 rings (SSSR count). The number of nitrogens with zero attached hydrogens (tertiary/aromatic N) is 2. The van der Waals surface area contributed by atoms with Gasteiger partial charge >= 0.3 is 0 Å². The van der Waals surface area contributed by atoms with E-state index < -0.39 is 0 Å². The number of anilines is 1. The molecular weight excluding hydrogens is 222 g/mol. The molecule has 1 aromatic rings. The highest BCUT2D eigenvalue weighted by atomic mass is 32.2. The molecule has 16 heavy (non-hydrogen) atoms. The Hall–Kier alpha value is -0.810. The minimum atomic E-state index is -0.0238. The van der Waals surface area contributed by atoms with Gasteiger partial charge in [0.25, 0.3) is 0 Å². The van der Waals surface area contributed by atoms with E-state index in [0.29, 0.717) is 0 Å². The van der Waals surface area contributed by atoms with Crippen molar-refractivity contribution in [1.82, 2.24) is 9.97 Å². The predicted molar refractivity (Wildman–Crippen MR) is 65.9 cm³/mol. The Morgan fingerprint density at radius 1 is 1.56 bits per heavy atom. The van der Waals surface area contributed by atoms with Gasteiger partial charge in [-0.05, 0) is 26.5 Å². The van der Waals surface area contributed by atoms with Crippen molar-refractivity contribution in [3.63, 3.8) is 0 Å². The smallest absolute Gasteiger partial charge is 0.130 e. The van der Waals surface area contributed by atoms with Crippen LogP contribution in [0.2, 0.25) is 0 Å². The fraction of sp³-hybridized carbons (Fsp3) is 0.636. The van der Waals surface area contributed by atoms with Gasteiger partial charge in [-0.25, -0.2) is 9.97 Å². The van der Waals surface area contributed by atoms with Crippen LogP contribution in [0, 0.1) is 0 Å². The summed E-state index contributed by atoms with van der Waals surface area (Å²) in [7, 11) is 0. The first-order valence-electron chi connectivity index (χ1n) is 5.40. The molecule has 0 radical (unpaired) electrons. The van der Waals surface area contributed by atoms with E-state index in [1.165, 1.54) is 0 Å². The average molecular weight is 239 g/mol. The van der Waals surface area contributed by atoms with Crippen molar-refractivity contribution in [2.75, 3.05) is 18.2 Å². The Morgan fingerprint density at radius 2 is 2.38 bits per heavy atom. The van der Waals surface area contributed by atoms with Crippen LogP contribution in [0.4, 0.5) is 5.82 Å². The molecule has 1 aliphatic heterocycles. The van der Waals surface area contributed by atoms with E-state index in [1.54, 1.807) is 18.1 Å². The predicted octanol–water partition coefficient (Wildman–Crippen LogP) is 2.18. The summed E-state index contributed by atoms with van der Waals surface area (Å²) in [6.07, 6.45) is 4.82. The first-order chi connectivity index (χ1) is 7.64. The van der Waals surface area contributed by atoms with Crippen molar-refractivity contribution >= 4 is 17.6 Å². The average Bonchev–Trinajstić information content (AvgIpc) is 2.59. The van der Waals surface area contributed by atoms with Crippen molar-refractivity contribution in [2.45, 2.75) is 36.9 Å². The second kappa shape index (κ2) is 4.59. The number of rotatable bonds is 3. The molecule has 1 aliphatic rings. The molecule has 2 atom stereocenters. The summed E-state index contributed by atoms with van der Waals surface area (Å²) in [6.45, 7) is 5.08. The molecule has 1 fully saturated rings. The Morgan fingerprint density at radius 3 is 3.00 bits per heavy atom. The van der Waals surface area contributed by atoms with Crippen LogP contribution >= 0.6 is 11.8 Å². The van der Waals surface area contributed by atoms with Gasteiger partial charge in [0.05, 0.1) is 11.6 Å². The molecule has 0 aromatic carbocycles. The first-order valence-corrected chi connectivity index (χ1v) is 6.62. The number of hydrogen-bond donors (Lipinski definition) is 1. The molecule has 4 nitrogen and oxygen atoms in total. The zero-order valence-electron chi connectivity index (χ0n) is 9.86. The maximum absolute atomic E-state index is 5.59. The molecule has 2 unspecified atom stereocenters. The number of thioether (sulfide) groups is 1. The largest absolute Gasteiger partial charge is 0.376 e. The van der Waals surface area contributed by atoms with E-state index in [-0.39, 0.29) is 11.6 Å². The number of nitrogens with one attached hydrogen (secondary N) is 1. The minimum Gasteiger partial charge on any atom is -0.376 e. The van der Waals surface area contributed by atoms with Crippen LogP contribution in [0.3, 0.4) is 0 Å². The van der Waals surface area contributed by atoms with Crippen LogP contribution in [-0.2, 0) is 4.74 Å². The molecule has 1 saturated heterocycles. The molecule has 88 valence electrons. The molecule has 0 saturated carbocycles. The van der Waals surface area contributed by atoms with E-state index in [2.05, 4.69) is 29.1 Å². The molecule has 0 aliphatic carbocycles. The van der Waals surface area contributed by atoms with Gasteiger partial charge in [0, 0.05) is 12.7 Å². The van der Waals surface area contributed by atoms with Crippen molar-refractivity contribution < 1.29 is 4.74 Å². The highest BCUT2D eigenvalue weighted by Crippen LogP contribution is 2.29. The molecule has 2 heterocycles. The van der Waals surface area contributed by atoms with Gasteiger partial charge in [-0.1, -0.05) is 0 Å². The number of ether oxygens (including phenoxy) is 1. The summed E-state index contributed by atoms with van der Waals surface area (Å²) in [6, 6.07) is 1.97. The van der Waals surface area contributed by atoms with Crippen LogP contribution in [0.25, 0.3) is 0 Å². The molecule has 5 heteroatoms. The molecule has 0 amide bonds. The normalized spacial score (nSPS) is 29.3. The van der Waals surface area contributed by atoms with Crippen LogP contribution in [0.1, 0.15) is 20.3 Å². The summed E-state index contributed by atoms with van der Waals surface area (Å²) in [5, 5.41) is 4.43. The van der Waals surface area contributed by atoms with E-state index in [9.17, 15) is 0 Å². The van der Waals surface area contributed by atoms with Gasteiger partial charge < -0.3 is 10.1 Å². The Kier molecular flexibility index (Phi) is 3.35. The molecule has 0 spiro atoms. The zero-order chi connectivity index (χ0) is 11.6. The van der Waals surface area contributed by atoms with Crippen molar-refractivity contribution in [1.29, 1.82) is 0 Å². The maximum Gasteiger partial charge on any atom is 0.130 e. The highest BCUT2D eigenvalue weighted by Gasteiger charge is 2.37. The fourth-order valence-electron chi connectivity index (χ4n) is 1.81. The standard InChI is InChI=1S/C11H17N3OS/c1-8-11(2,4-5-15-8)14-9-6-10(16-3)13-7-12-9/h6-8H,4-5H2,1-3H3,(H,12,13,14).